The second-order valence-corrected chi connectivity index (χ2v) is 3.82. The van der Waals surface area contributed by atoms with E-state index in [-0.39, 0.29) is 17.8 Å². The van der Waals surface area contributed by atoms with Crippen molar-refractivity contribution in [1.82, 2.24) is 9.97 Å². The van der Waals surface area contributed by atoms with Crippen LogP contribution in [0.15, 0.2) is 17.2 Å². The molecule has 1 amide bonds. The molecule has 0 spiro atoms. The summed E-state index contributed by atoms with van der Waals surface area (Å²) in [6.45, 7) is 1.38. The van der Waals surface area contributed by atoms with Crippen LogP contribution in [0.5, 0.6) is 0 Å². The zero-order valence-electron chi connectivity index (χ0n) is 8.08. The average molecular weight is 211 g/mol. The largest absolute Gasteiger partial charge is 0.313 e. The number of hydrogen-bond acceptors (Lipinski definition) is 3. The van der Waals surface area contributed by atoms with E-state index in [4.69, 9.17) is 0 Å². The number of nitrogens with one attached hydrogen (secondary N) is 2. The zero-order chi connectivity index (χ0) is 11.1. The van der Waals surface area contributed by atoms with Gasteiger partial charge in [0, 0.05) is 6.07 Å². The third-order valence-corrected chi connectivity index (χ3v) is 2.42. The summed E-state index contributed by atoms with van der Waals surface area (Å²) in [6.07, 6.45) is 1.40. The maximum atomic E-state index is 13.1. The number of H-pyrrole nitrogens is 1. The van der Waals surface area contributed by atoms with Gasteiger partial charge >= 0.3 is 0 Å². The van der Waals surface area contributed by atoms with Gasteiger partial charge in [-0.2, -0.15) is 0 Å². The zero-order valence-corrected chi connectivity index (χ0v) is 8.08. The summed E-state index contributed by atoms with van der Waals surface area (Å²) in [4.78, 5) is 28.3. The van der Waals surface area contributed by atoms with Gasteiger partial charge in [-0.1, -0.05) is 0 Å². The molecule has 1 heterocycles. The Morgan fingerprint density at radius 2 is 2.47 bits per heavy atom. The molecule has 15 heavy (non-hydrogen) atoms. The topological polar surface area (TPSA) is 74.8 Å². The molecule has 1 saturated carbocycles. The maximum absolute atomic E-state index is 13.1. The van der Waals surface area contributed by atoms with E-state index in [1.165, 1.54) is 13.3 Å². The van der Waals surface area contributed by atoms with Crippen molar-refractivity contribution in [3.8, 4) is 0 Å². The third-order valence-electron chi connectivity index (χ3n) is 2.42. The Morgan fingerprint density at radius 1 is 1.80 bits per heavy atom. The Morgan fingerprint density at radius 3 is 3.00 bits per heavy atom. The fourth-order valence-electron chi connectivity index (χ4n) is 1.36. The Bertz CT molecular complexity index is 455. The highest BCUT2D eigenvalue weighted by molar-refractivity contribution is 5.94. The van der Waals surface area contributed by atoms with Crippen molar-refractivity contribution >= 4 is 11.7 Å². The summed E-state index contributed by atoms with van der Waals surface area (Å²) in [6, 6.07) is 1.15. The molecule has 2 N–H and O–H groups in total. The Labute approximate surface area is 84.7 Å². The van der Waals surface area contributed by atoms with Crippen LogP contribution in [-0.2, 0) is 4.79 Å². The van der Waals surface area contributed by atoms with Crippen molar-refractivity contribution in [2.24, 2.45) is 5.92 Å². The second-order valence-electron chi connectivity index (χ2n) is 3.82. The quantitative estimate of drug-likeness (QED) is 0.746. The maximum Gasteiger partial charge on any atom is 0.252 e. The van der Waals surface area contributed by atoms with Gasteiger partial charge in [0.25, 0.3) is 5.56 Å². The Hall–Kier alpha value is -1.72. The Kier molecular flexibility index (Phi) is 2.06. The monoisotopic (exact) mass is 211 g/mol. The summed E-state index contributed by atoms with van der Waals surface area (Å²) < 4.78 is 13.1. The first kappa shape index (κ1) is 9.82. The number of hydrogen-bond donors (Lipinski definition) is 2. The molecular formula is C9H10FN3O2. The highest BCUT2D eigenvalue weighted by Gasteiger charge is 2.55. The number of nitrogens with zero attached hydrogens (tertiary/aromatic N) is 1. The number of alkyl halides is 1. The molecule has 6 heteroatoms. The number of halogens is 1. The van der Waals surface area contributed by atoms with E-state index < -0.39 is 17.5 Å². The first-order chi connectivity index (χ1) is 6.99. The second kappa shape index (κ2) is 3.15. The van der Waals surface area contributed by atoms with Gasteiger partial charge in [-0.05, 0) is 13.3 Å². The van der Waals surface area contributed by atoms with Gasteiger partial charge in [0.05, 0.1) is 12.2 Å². The number of aromatic nitrogens is 2. The molecule has 2 unspecified atom stereocenters. The van der Waals surface area contributed by atoms with Crippen LogP contribution in [0.2, 0.25) is 0 Å². The van der Waals surface area contributed by atoms with Gasteiger partial charge in [-0.15, -0.1) is 0 Å². The number of amides is 1. The van der Waals surface area contributed by atoms with Crippen LogP contribution in [0.3, 0.4) is 0 Å². The van der Waals surface area contributed by atoms with Crippen LogP contribution in [0.4, 0.5) is 10.2 Å². The van der Waals surface area contributed by atoms with E-state index in [1.54, 1.807) is 0 Å². The number of carbonyl (C=O) groups excluding carboxylic acids is 1. The summed E-state index contributed by atoms with van der Waals surface area (Å²) >= 11 is 0. The first-order valence-electron chi connectivity index (χ1n) is 4.53. The van der Waals surface area contributed by atoms with Gasteiger partial charge < -0.3 is 10.3 Å². The van der Waals surface area contributed by atoms with Gasteiger partial charge in [-0.25, -0.2) is 9.37 Å². The van der Waals surface area contributed by atoms with E-state index in [9.17, 15) is 14.0 Å². The van der Waals surface area contributed by atoms with Gasteiger partial charge in [0.15, 0.2) is 0 Å². The van der Waals surface area contributed by atoms with E-state index in [2.05, 4.69) is 15.3 Å². The Balaban J connectivity index is 2.04. The molecule has 1 aromatic rings. The number of anilines is 1. The third kappa shape index (κ3) is 2.03. The molecule has 1 aliphatic carbocycles. The minimum atomic E-state index is -1.41. The normalized spacial score (nSPS) is 28.5. The number of aromatic amines is 1. The summed E-state index contributed by atoms with van der Waals surface area (Å²) in [5.41, 5.74) is -1.77. The lowest BCUT2D eigenvalue weighted by Gasteiger charge is -2.02. The van der Waals surface area contributed by atoms with Crippen LogP contribution < -0.4 is 10.9 Å². The lowest BCUT2D eigenvalue weighted by atomic mass is 10.3. The molecule has 0 aromatic carbocycles. The molecule has 2 rings (SSSR count). The van der Waals surface area contributed by atoms with Crippen LogP contribution in [0.1, 0.15) is 13.3 Å². The minimum absolute atomic E-state index is 0.145. The van der Waals surface area contributed by atoms with Crippen LogP contribution in [0.25, 0.3) is 0 Å². The molecule has 5 nitrogen and oxygen atoms in total. The molecule has 0 radical (unpaired) electrons. The highest BCUT2D eigenvalue weighted by atomic mass is 19.1. The number of rotatable bonds is 2. The van der Waals surface area contributed by atoms with Crippen molar-refractivity contribution in [1.29, 1.82) is 0 Å². The van der Waals surface area contributed by atoms with Crippen LogP contribution in [0, 0.1) is 5.92 Å². The summed E-state index contributed by atoms with van der Waals surface area (Å²) in [5.74, 6) is -0.914. The molecule has 0 aliphatic heterocycles. The summed E-state index contributed by atoms with van der Waals surface area (Å²) in [7, 11) is 0. The molecule has 1 aliphatic rings. The minimum Gasteiger partial charge on any atom is -0.313 e. The molecule has 0 bridgehead atoms. The van der Waals surface area contributed by atoms with Crippen molar-refractivity contribution in [2.45, 2.75) is 19.0 Å². The van der Waals surface area contributed by atoms with E-state index in [0.717, 1.165) is 6.07 Å². The molecule has 80 valence electrons. The van der Waals surface area contributed by atoms with Gasteiger partial charge in [0.2, 0.25) is 5.91 Å². The van der Waals surface area contributed by atoms with Gasteiger partial charge in [0.1, 0.15) is 11.5 Å². The first-order valence-corrected chi connectivity index (χ1v) is 4.53. The number of carbonyl (C=O) groups is 1. The molecule has 0 saturated heterocycles. The standard InChI is InChI=1S/C9H10FN3O2/c1-9(10)3-5(9)8(15)13-6-2-7(14)12-4-11-6/h2,4-5H,3H2,1H3,(H2,11,12,13,14,15). The fraction of sp³-hybridized carbons (Fsp3) is 0.444. The SMILES string of the molecule is CC1(F)CC1C(=O)Nc1cc(=O)[nH]cn1. The molecule has 2 atom stereocenters. The van der Waals surface area contributed by atoms with E-state index >= 15 is 0 Å². The lowest BCUT2D eigenvalue weighted by Crippen LogP contribution is -2.20. The highest BCUT2D eigenvalue weighted by Crippen LogP contribution is 2.47. The van der Waals surface area contributed by atoms with E-state index in [0.29, 0.717) is 0 Å². The predicted octanol–water partition coefficient (Wildman–Crippen LogP) is 0.457. The van der Waals surface area contributed by atoms with Gasteiger partial charge in [-0.3, -0.25) is 9.59 Å². The van der Waals surface area contributed by atoms with E-state index in [1.807, 2.05) is 0 Å². The van der Waals surface area contributed by atoms with Crippen molar-refractivity contribution in [3.05, 3.63) is 22.7 Å². The predicted molar refractivity (Wildman–Crippen MR) is 51.1 cm³/mol. The lowest BCUT2D eigenvalue weighted by molar-refractivity contribution is -0.118. The smallest absolute Gasteiger partial charge is 0.252 e. The van der Waals surface area contributed by atoms with Crippen molar-refractivity contribution in [3.63, 3.8) is 0 Å². The molecule has 1 fully saturated rings. The van der Waals surface area contributed by atoms with Crippen molar-refractivity contribution in [2.75, 3.05) is 5.32 Å². The van der Waals surface area contributed by atoms with Crippen LogP contribution >= 0.6 is 0 Å². The fourth-order valence-corrected chi connectivity index (χ4v) is 1.36. The van der Waals surface area contributed by atoms with Crippen LogP contribution in [-0.4, -0.2) is 21.5 Å². The van der Waals surface area contributed by atoms with Crippen molar-refractivity contribution < 1.29 is 9.18 Å². The molecule has 1 aromatic heterocycles. The summed E-state index contributed by atoms with van der Waals surface area (Å²) in [5, 5.41) is 2.39. The molecular weight excluding hydrogens is 201 g/mol. The average Bonchev–Trinajstić information content (AvgIpc) is 2.75.